The number of benzene rings is 1. The van der Waals surface area contributed by atoms with E-state index in [1.165, 1.54) is 0 Å². The lowest BCUT2D eigenvalue weighted by Gasteiger charge is -2.14. The molecule has 0 unspecified atom stereocenters. The number of carbonyl (C=O) groups excluding carboxylic acids is 2. The Kier molecular flexibility index (Phi) is 5.37. The van der Waals surface area contributed by atoms with Gasteiger partial charge in [0.1, 0.15) is 5.76 Å². The zero-order valence-corrected chi connectivity index (χ0v) is 14.9. The molecule has 0 bridgehead atoms. The summed E-state index contributed by atoms with van der Waals surface area (Å²) in [6.45, 7) is 3.80. The van der Waals surface area contributed by atoms with Gasteiger partial charge in [-0.05, 0) is 18.4 Å². The number of carbonyl (C=O) groups is 2. The zero-order valence-electron chi connectivity index (χ0n) is 14.9. The fraction of sp³-hybridized carbons (Fsp3) is 0.429. The van der Waals surface area contributed by atoms with Gasteiger partial charge in [0, 0.05) is 24.4 Å². The SMILES string of the molecule is CCC(=O)c1cc(C(=O)NC2CCCC2)c([C@@H](C)c2ccccc2)o1. The first-order valence-electron chi connectivity index (χ1n) is 9.13. The van der Waals surface area contributed by atoms with Crippen LogP contribution in [0.2, 0.25) is 0 Å². The van der Waals surface area contributed by atoms with Crippen LogP contribution >= 0.6 is 0 Å². The molecule has 1 atom stereocenters. The van der Waals surface area contributed by atoms with Crippen LogP contribution in [0.25, 0.3) is 0 Å². The van der Waals surface area contributed by atoms with Gasteiger partial charge in [0.15, 0.2) is 11.5 Å². The lowest BCUT2D eigenvalue weighted by molar-refractivity contribution is 0.0932. The summed E-state index contributed by atoms with van der Waals surface area (Å²) in [5.74, 6) is 0.532. The molecule has 0 aliphatic heterocycles. The van der Waals surface area contributed by atoms with Crippen molar-refractivity contribution in [3.05, 3.63) is 59.0 Å². The Balaban J connectivity index is 1.93. The van der Waals surface area contributed by atoms with Gasteiger partial charge in [-0.15, -0.1) is 0 Å². The summed E-state index contributed by atoms with van der Waals surface area (Å²) in [7, 11) is 0. The first-order chi connectivity index (χ1) is 12.1. The van der Waals surface area contributed by atoms with Crippen LogP contribution in [0.1, 0.15) is 84.1 Å². The predicted molar refractivity (Wildman–Crippen MR) is 97.0 cm³/mol. The van der Waals surface area contributed by atoms with Gasteiger partial charge >= 0.3 is 0 Å². The Morgan fingerprint density at radius 2 is 1.88 bits per heavy atom. The fourth-order valence-electron chi connectivity index (χ4n) is 3.44. The average Bonchev–Trinajstić information content (AvgIpc) is 3.30. The highest BCUT2D eigenvalue weighted by atomic mass is 16.3. The molecule has 1 fully saturated rings. The van der Waals surface area contributed by atoms with Crippen LogP contribution in [0.4, 0.5) is 0 Å². The topological polar surface area (TPSA) is 59.3 Å². The van der Waals surface area contributed by atoms with Crippen molar-refractivity contribution < 1.29 is 14.0 Å². The molecule has 2 aromatic rings. The second-order valence-corrected chi connectivity index (χ2v) is 6.75. The molecule has 4 nitrogen and oxygen atoms in total. The summed E-state index contributed by atoms with van der Waals surface area (Å²) in [5, 5.41) is 3.10. The van der Waals surface area contributed by atoms with E-state index in [1.807, 2.05) is 37.3 Å². The Labute approximate surface area is 148 Å². The van der Waals surface area contributed by atoms with Gasteiger partial charge in [-0.25, -0.2) is 0 Å². The van der Waals surface area contributed by atoms with E-state index in [0.717, 1.165) is 31.2 Å². The summed E-state index contributed by atoms with van der Waals surface area (Å²) in [6, 6.07) is 11.7. The van der Waals surface area contributed by atoms with Crippen molar-refractivity contribution >= 4 is 11.7 Å². The van der Waals surface area contributed by atoms with Gasteiger partial charge in [-0.2, -0.15) is 0 Å². The van der Waals surface area contributed by atoms with E-state index >= 15 is 0 Å². The van der Waals surface area contributed by atoms with Crippen LogP contribution in [0.15, 0.2) is 40.8 Å². The Morgan fingerprint density at radius 3 is 2.52 bits per heavy atom. The van der Waals surface area contributed by atoms with E-state index in [9.17, 15) is 9.59 Å². The summed E-state index contributed by atoms with van der Waals surface area (Å²) in [5.41, 5.74) is 1.54. The quantitative estimate of drug-likeness (QED) is 0.776. The normalized spacial score (nSPS) is 15.9. The number of nitrogens with one attached hydrogen (secondary N) is 1. The number of rotatable bonds is 6. The Morgan fingerprint density at radius 1 is 1.20 bits per heavy atom. The zero-order chi connectivity index (χ0) is 17.8. The molecule has 25 heavy (non-hydrogen) atoms. The molecule has 1 amide bonds. The maximum atomic E-state index is 12.8. The largest absolute Gasteiger partial charge is 0.456 e. The van der Waals surface area contributed by atoms with Crippen LogP contribution in [0.5, 0.6) is 0 Å². The van der Waals surface area contributed by atoms with E-state index in [-0.39, 0.29) is 29.4 Å². The van der Waals surface area contributed by atoms with Crippen LogP contribution < -0.4 is 5.32 Å². The predicted octanol–water partition coefficient (Wildman–Crippen LogP) is 4.70. The van der Waals surface area contributed by atoms with E-state index in [4.69, 9.17) is 4.42 Å². The number of hydrogen-bond acceptors (Lipinski definition) is 3. The number of Topliss-reactive ketones (excluding diaryl/α,β-unsaturated/α-hetero) is 1. The highest BCUT2D eigenvalue weighted by molar-refractivity contribution is 6.00. The lowest BCUT2D eigenvalue weighted by Crippen LogP contribution is -2.33. The van der Waals surface area contributed by atoms with E-state index in [2.05, 4.69) is 5.32 Å². The Bertz CT molecular complexity index is 742. The molecular weight excluding hydrogens is 314 g/mol. The lowest BCUT2D eigenvalue weighted by atomic mass is 9.95. The number of ketones is 1. The molecule has 1 heterocycles. The third-order valence-electron chi connectivity index (χ3n) is 4.98. The monoisotopic (exact) mass is 339 g/mol. The van der Waals surface area contributed by atoms with Gasteiger partial charge in [0.25, 0.3) is 5.91 Å². The molecule has 0 saturated heterocycles. The molecule has 0 spiro atoms. The third-order valence-corrected chi connectivity index (χ3v) is 4.98. The van der Waals surface area contributed by atoms with E-state index in [1.54, 1.807) is 13.0 Å². The highest BCUT2D eigenvalue weighted by Gasteiger charge is 2.27. The molecule has 4 heteroatoms. The molecule has 132 valence electrons. The summed E-state index contributed by atoms with van der Waals surface area (Å²) < 4.78 is 5.86. The van der Waals surface area contributed by atoms with Crippen LogP contribution in [-0.2, 0) is 0 Å². The first-order valence-corrected chi connectivity index (χ1v) is 9.13. The van der Waals surface area contributed by atoms with Gasteiger partial charge < -0.3 is 9.73 Å². The average molecular weight is 339 g/mol. The third kappa shape index (κ3) is 3.84. The number of furan rings is 1. The summed E-state index contributed by atoms with van der Waals surface area (Å²) >= 11 is 0. The summed E-state index contributed by atoms with van der Waals surface area (Å²) in [4.78, 5) is 24.9. The van der Waals surface area contributed by atoms with Crippen molar-refractivity contribution in [2.24, 2.45) is 0 Å². The molecule has 1 aromatic carbocycles. The van der Waals surface area contributed by atoms with E-state index in [0.29, 0.717) is 17.7 Å². The van der Waals surface area contributed by atoms with Crippen molar-refractivity contribution in [1.29, 1.82) is 0 Å². The van der Waals surface area contributed by atoms with Gasteiger partial charge in [0.2, 0.25) is 0 Å². The van der Waals surface area contributed by atoms with Crippen LogP contribution in [-0.4, -0.2) is 17.7 Å². The van der Waals surface area contributed by atoms with Gasteiger partial charge in [-0.1, -0.05) is 57.0 Å². The molecule has 1 saturated carbocycles. The minimum Gasteiger partial charge on any atom is -0.456 e. The maximum Gasteiger partial charge on any atom is 0.255 e. The minimum atomic E-state index is -0.136. The minimum absolute atomic E-state index is 0.0820. The van der Waals surface area contributed by atoms with Crippen LogP contribution in [0.3, 0.4) is 0 Å². The first kappa shape index (κ1) is 17.5. The van der Waals surface area contributed by atoms with Crippen molar-refractivity contribution in [3.63, 3.8) is 0 Å². The van der Waals surface area contributed by atoms with Crippen LogP contribution in [0, 0.1) is 0 Å². The van der Waals surface area contributed by atoms with Gasteiger partial charge in [-0.3, -0.25) is 9.59 Å². The van der Waals surface area contributed by atoms with Crippen molar-refractivity contribution in [1.82, 2.24) is 5.32 Å². The molecule has 0 radical (unpaired) electrons. The molecule has 1 aliphatic carbocycles. The molecule has 1 N–H and O–H groups in total. The number of amides is 1. The standard InChI is InChI=1S/C21H25NO3/c1-3-18(23)19-13-17(21(24)22-16-11-7-8-12-16)20(25-19)14(2)15-9-5-4-6-10-15/h4-6,9-10,13-14,16H,3,7-8,11-12H2,1-2H3,(H,22,24)/t14-/m0/s1. The van der Waals surface area contributed by atoms with Gasteiger partial charge in [0.05, 0.1) is 5.56 Å². The number of hydrogen-bond donors (Lipinski definition) is 1. The molecule has 1 aromatic heterocycles. The van der Waals surface area contributed by atoms with Crippen molar-refractivity contribution in [3.8, 4) is 0 Å². The summed E-state index contributed by atoms with van der Waals surface area (Å²) in [6.07, 6.45) is 4.71. The van der Waals surface area contributed by atoms with Crippen molar-refractivity contribution in [2.45, 2.75) is 57.9 Å². The molecule has 3 rings (SSSR count). The molecular formula is C21H25NO3. The fourth-order valence-corrected chi connectivity index (χ4v) is 3.44. The Hall–Kier alpha value is -2.36. The maximum absolute atomic E-state index is 12.8. The smallest absolute Gasteiger partial charge is 0.255 e. The second kappa shape index (κ2) is 7.68. The molecule has 1 aliphatic rings. The second-order valence-electron chi connectivity index (χ2n) is 6.75. The highest BCUT2D eigenvalue weighted by Crippen LogP contribution is 2.30. The van der Waals surface area contributed by atoms with Crippen molar-refractivity contribution in [2.75, 3.05) is 0 Å². The van der Waals surface area contributed by atoms with E-state index < -0.39 is 0 Å².